The molecule has 2 N–H and O–H groups in total. The molecule has 0 fully saturated rings. The molecule has 0 saturated heterocycles. The average Bonchev–Trinajstić information content (AvgIpc) is 2.60. The third kappa shape index (κ3) is 3.42. The lowest BCUT2D eigenvalue weighted by molar-refractivity contribution is -0.120. The summed E-state index contributed by atoms with van der Waals surface area (Å²) in [5, 5.41) is 5.77. The highest BCUT2D eigenvalue weighted by molar-refractivity contribution is 6.05. The number of anilines is 1. The van der Waals surface area contributed by atoms with E-state index in [-0.39, 0.29) is 11.8 Å². The van der Waals surface area contributed by atoms with Crippen LogP contribution in [0, 0.1) is 0 Å². The second-order valence-electron chi connectivity index (χ2n) is 6.29. The molecule has 2 rings (SSSR count). The Morgan fingerprint density at radius 3 is 2.71 bits per heavy atom. The first-order chi connectivity index (χ1) is 9.80. The van der Waals surface area contributed by atoms with E-state index in [2.05, 4.69) is 10.6 Å². The van der Waals surface area contributed by atoms with Gasteiger partial charge in [-0.05, 0) is 45.1 Å². The number of fused-ring (bicyclic) bond motifs is 1. The highest BCUT2D eigenvalue weighted by Gasteiger charge is 2.38. The van der Waals surface area contributed by atoms with Crippen LogP contribution in [-0.2, 0) is 21.4 Å². The monoisotopic (exact) mass is 289 g/mol. The minimum absolute atomic E-state index is 0.00471. The number of carbonyl (C=O) groups excluding carboxylic acids is 2. The van der Waals surface area contributed by atoms with Gasteiger partial charge in [-0.1, -0.05) is 12.1 Å². The molecule has 0 unspecified atom stereocenters. The van der Waals surface area contributed by atoms with Gasteiger partial charge in [0.25, 0.3) is 0 Å². The Morgan fingerprint density at radius 2 is 2.05 bits per heavy atom. The van der Waals surface area contributed by atoms with Crippen LogP contribution < -0.4 is 10.6 Å². The van der Waals surface area contributed by atoms with E-state index >= 15 is 0 Å². The molecule has 5 heteroatoms. The predicted octanol–water partition coefficient (Wildman–Crippen LogP) is 1.14. The maximum Gasteiger partial charge on any atom is 0.234 e. The summed E-state index contributed by atoms with van der Waals surface area (Å²) in [7, 11) is 3.94. The molecular weight excluding hydrogens is 266 g/mol. The van der Waals surface area contributed by atoms with Crippen LogP contribution in [0.3, 0.4) is 0 Å². The molecule has 0 saturated carbocycles. The van der Waals surface area contributed by atoms with Gasteiger partial charge in [-0.25, -0.2) is 0 Å². The van der Waals surface area contributed by atoms with E-state index in [0.717, 1.165) is 23.4 Å². The van der Waals surface area contributed by atoms with Crippen molar-refractivity contribution in [1.82, 2.24) is 10.2 Å². The topological polar surface area (TPSA) is 61.4 Å². The van der Waals surface area contributed by atoms with Gasteiger partial charge in [-0.2, -0.15) is 0 Å². The summed E-state index contributed by atoms with van der Waals surface area (Å²) in [6.45, 7) is 5.26. The van der Waals surface area contributed by atoms with E-state index in [4.69, 9.17) is 0 Å². The van der Waals surface area contributed by atoms with Crippen LogP contribution in [0.4, 0.5) is 5.69 Å². The Bertz CT molecular complexity index is 565. The van der Waals surface area contributed by atoms with Gasteiger partial charge in [0.2, 0.25) is 11.8 Å². The maximum absolute atomic E-state index is 11.9. The van der Waals surface area contributed by atoms with Crippen molar-refractivity contribution in [3.8, 4) is 0 Å². The van der Waals surface area contributed by atoms with Gasteiger partial charge in [-0.15, -0.1) is 0 Å². The number of hydrogen-bond acceptors (Lipinski definition) is 3. The smallest absolute Gasteiger partial charge is 0.234 e. The largest absolute Gasteiger partial charge is 0.355 e. The third-order valence-corrected chi connectivity index (χ3v) is 3.82. The van der Waals surface area contributed by atoms with Crippen LogP contribution >= 0.6 is 0 Å². The molecule has 1 heterocycles. The number of amides is 2. The normalized spacial score (nSPS) is 15.8. The molecule has 0 atom stereocenters. The van der Waals surface area contributed by atoms with Crippen LogP contribution in [0.15, 0.2) is 18.2 Å². The van der Waals surface area contributed by atoms with Gasteiger partial charge in [0, 0.05) is 18.8 Å². The lowest BCUT2D eigenvalue weighted by Crippen LogP contribution is -2.32. The highest BCUT2D eigenvalue weighted by Crippen LogP contribution is 2.37. The van der Waals surface area contributed by atoms with Crippen molar-refractivity contribution in [2.75, 3.05) is 32.5 Å². The molecule has 1 aliphatic heterocycles. The number of likely N-dealkylation sites (N-methyl/N-ethyl adjacent to an activating group) is 1. The standard InChI is InChI=1S/C16H23N3O2/c1-16(2)12-9-11(5-6-13(12)18-15(16)21)10-14(20)17-7-8-19(3)4/h5-6,9H,7-8,10H2,1-4H3,(H,17,20)(H,18,21). The molecule has 114 valence electrons. The maximum atomic E-state index is 11.9. The number of benzene rings is 1. The second kappa shape index (κ2) is 5.85. The Kier molecular flexibility index (Phi) is 4.32. The number of nitrogens with zero attached hydrogens (tertiary/aromatic N) is 1. The van der Waals surface area contributed by atoms with E-state index in [1.165, 1.54) is 0 Å². The molecule has 5 nitrogen and oxygen atoms in total. The van der Waals surface area contributed by atoms with Gasteiger partial charge >= 0.3 is 0 Å². The van der Waals surface area contributed by atoms with E-state index in [9.17, 15) is 9.59 Å². The van der Waals surface area contributed by atoms with Crippen molar-refractivity contribution in [1.29, 1.82) is 0 Å². The Morgan fingerprint density at radius 1 is 1.33 bits per heavy atom. The molecule has 0 bridgehead atoms. The summed E-state index contributed by atoms with van der Waals surface area (Å²) in [4.78, 5) is 25.8. The minimum Gasteiger partial charge on any atom is -0.355 e. The predicted molar refractivity (Wildman–Crippen MR) is 83.4 cm³/mol. The van der Waals surface area contributed by atoms with Gasteiger partial charge in [-0.3, -0.25) is 9.59 Å². The van der Waals surface area contributed by atoms with E-state index in [0.29, 0.717) is 13.0 Å². The van der Waals surface area contributed by atoms with Crippen LogP contribution in [-0.4, -0.2) is 43.9 Å². The molecule has 1 aromatic carbocycles. The highest BCUT2D eigenvalue weighted by atomic mass is 16.2. The average molecular weight is 289 g/mol. The van der Waals surface area contributed by atoms with Crippen LogP contribution in [0.25, 0.3) is 0 Å². The van der Waals surface area contributed by atoms with Gasteiger partial charge in [0.1, 0.15) is 0 Å². The third-order valence-electron chi connectivity index (χ3n) is 3.82. The van der Waals surface area contributed by atoms with Crippen molar-refractivity contribution in [3.05, 3.63) is 29.3 Å². The molecule has 1 aliphatic rings. The van der Waals surface area contributed by atoms with Crippen molar-refractivity contribution in [2.45, 2.75) is 25.7 Å². The lowest BCUT2D eigenvalue weighted by atomic mass is 9.85. The summed E-state index contributed by atoms with van der Waals surface area (Å²) in [6, 6.07) is 5.73. The number of hydrogen-bond donors (Lipinski definition) is 2. The van der Waals surface area contributed by atoms with Crippen LogP contribution in [0.5, 0.6) is 0 Å². The van der Waals surface area contributed by atoms with Crippen molar-refractivity contribution < 1.29 is 9.59 Å². The molecule has 0 radical (unpaired) electrons. The Hall–Kier alpha value is -1.88. The van der Waals surface area contributed by atoms with Gasteiger partial charge in [0.05, 0.1) is 11.8 Å². The molecule has 1 aromatic rings. The summed E-state index contributed by atoms with van der Waals surface area (Å²) in [5.74, 6) is 0.0111. The molecule has 21 heavy (non-hydrogen) atoms. The van der Waals surface area contributed by atoms with Crippen LogP contribution in [0.2, 0.25) is 0 Å². The van der Waals surface area contributed by atoms with Crippen LogP contribution in [0.1, 0.15) is 25.0 Å². The summed E-state index contributed by atoms with van der Waals surface area (Å²) in [6.07, 6.45) is 0.338. The van der Waals surface area contributed by atoms with Gasteiger partial charge < -0.3 is 15.5 Å². The Balaban J connectivity index is 2.02. The quantitative estimate of drug-likeness (QED) is 0.854. The minimum atomic E-state index is -0.535. The van der Waals surface area contributed by atoms with E-state index in [1.807, 2.05) is 51.0 Å². The molecule has 0 aromatic heterocycles. The summed E-state index contributed by atoms with van der Waals surface area (Å²) >= 11 is 0. The van der Waals surface area contributed by atoms with E-state index < -0.39 is 5.41 Å². The molecule has 0 spiro atoms. The second-order valence-corrected chi connectivity index (χ2v) is 6.29. The van der Waals surface area contributed by atoms with Crippen molar-refractivity contribution >= 4 is 17.5 Å². The zero-order chi connectivity index (χ0) is 15.6. The van der Waals surface area contributed by atoms with Gasteiger partial charge in [0.15, 0.2) is 0 Å². The fourth-order valence-electron chi connectivity index (χ4n) is 2.40. The lowest BCUT2D eigenvalue weighted by Gasteiger charge is -2.16. The SMILES string of the molecule is CN(C)CCNC(=O)Cc1ccc2c(c1)C(C)(C)C(=O)N2. The Labute approximate surface area is 125 Å². The zero-order valence-corrected chi connectivity index (χ0v) is 13.1. The molecule has 0 aliphatic carbocycles. The first kappa shape index (κ1) is 15.5. The summed E-state index contributed by atoms with van der Waals surface area (Å²) < 4.78 is 0. The van der Waals surface area contributed by atoms with Crippen molar-refractivity contribution in [2.24, 2.45) is 0 Å². The number of rotatable bonds is 5. The first-order valence-corrected chi connectivity index (χ1v) is 7.17. The van der Waals surface area contributed by atoms with Crippen molar-refractivity contribution in [3.63, 3.8) is 0 Å². The first-order valence-electron chi connectivity index (χ1n) is 7.17. The fourth-order valence-corrected chi connectivity index (χ4v) is 2.40. The van der Waals surface area contributed by atoms with E-state index in [1.54, 1.807) is 0 Å². The number of carbonyl (C=O) groups is 2. The number of nitrogens with one attached hydrogen (secondary N) is 2. The molecular formula is C16H23N3O2. The summed E-state index contributed by atoms with van der Waals surface area (Å²) in [5.41, 5.74) is 2.21. The molecule has 2 amide bonds. The zero-order valence-electron chi connectivity index (χ0n) is 13.1. The fraction of sp³-hybridized carbons (Fsp3) is 0.500.